The second-order valence-corrected chi connectivity index (χ2v) is 4.88. The van der Waals surface area contributed by atoms with E-state index < -0.39 is 5.54 Å². The van der Waals surface area contributed by atoms with E-state index in [2.05, 4.69) is 31.3 Å². The number of Topliss-reactive ketones (excluding diaryl/α,β-unsaturated/α-hetero) is 1. The van der Waals surface area contributed by atoms with Crippen molar-refractivity contribution >= 4 is 18.2 Å². The number of hydrogen-bond donors (Lipinski definition) is 1. The second kappa shape index (κ2) is 6.35. The van der Waals surface area contributed by atoms with Crippen LogP contribution in [0, 0.1) is 6.92 Å². The highest BCUT2D eigenvalue weighted by atomic mass is 35.5. The molecule has 100 valence electrons. The van der Waals surface area contributed by atoms with E-state index in [1.165, 1.54) is 11.1 Å². The van der Waals surface area contributed by atoms with Crippen LogP contribution >= 0.6 is 12.4 Å². The summed E-state index contributed by atoms with van der Waals surface area (Å²) < 4.78 is 0. The Labute approximate surface area is 116 Å². The molecule has 1 atom stereocenters. The second-order valence-electron chi connectivity index (χ2n) is 4.88. The maximum atomic E-state index is 12.4. The molecule has 0 aliphatic heterocycles. The van der Waals surface area contributed by atoms with Gasteiger partial charge in [0.15, 0.2) is 5.78 Å². The van der Waals surface area contributed by atoms with Crippen LogP contribution in [0.5, 0.6) is 0 Å². The summed E-state index contributed by atoms with van der Waals surface area (Å²) in [5, 5.41) is 3.46. The number of carbonyl (C=O) groups excluding carboxylic acids is 1. The van der Waals surface area contributed by atoms with Gasteiger partial charge in [0.25, 0.3) is 0 Å². The van der Waals surface area contributed by atoms with Crippen molar-refractivity contribution in [1.29, 1.82) is 0 Å². The van der Waals surface area contributed by atoms with Gasteiger partial charge < -0.3 is 5.32 Å². The number of carbonyl (C=O) groups is 1. The zero-order valence-corrected chi connectivity index (χ0v) is 12.0. The summed E-state index contributed by atoms with van der Waals surface area (Å²) in [6.45, 7) is 5.00. The van der Waals surface area contributed by atoms with Crippen LogP contribution in [0.15, 0.2) is 24.3 Å². The lowest BCUT2D eigenvalue weighted by Crippen LogP contribution is -2.51. The van der Waals surface area contributed by atoms with Crippen molar-refractivity contribution < 1.29 is 4.79 Å². The zero-order chi connectivity index (χ0) is 12.3. The van der Waals surface area contributed by atoms with Gasteiger partial charge in [-0.3, -0.25) is 4.79 Å². The number of likely N-dealkylation sites (N-methyl/N-ethyl adjacent to an activating group) is 1. The molecular formula is C15H22ClNO. The number of benzene rings is 1. The molecule has 0 aromatic heterocycles. The summed E-state index contributed by atoms with van der Waals surface area (Å²) in [4.78, 5) is 12.4. The average Bonchev–Trinajstić information content (AvgIpc) is 2.33. The predicted molar refractivity (Wildman–Crippen MR) is 77.3 cm³/mol. The van der Waals surface area contributed by atoms with Gasteiger partial charge in [-0.15, -0.1) is 12.4 Å². The Bertz CT molecular complexity index is 415. The molecule has 1 aliphatic rings. The van der Waals surface area contributed by atoms with Gasteiger partial charge >= 0.3 is 0 Å². The molecule has 1 aromatic rings. The SMILES string of the molecule is CCNC1(c2ccccc2C)CCCCC1=O.Cl. The molecule has 1 aliphatic carbocycles. The van der Waals surface area contributed by atoms with Crippen LogP contribution in [-0.2, 0) is 10.3 Å². The summed E-state index contributed by atoms with van der Waals surface area (Å²) in [5.41, 5.74) is 1.97. The topological polar surface area (TPSA) is 29.1 Å². The van der Waals surface area contributed by atoms with Crippen molar-refractivity contribution in [1.82, 2.24) is 5.32 Å². The van der Waals surface area contributed by atoms with Gasteiger partial charge in [-0.1, -0.05) is 37.6 Å². The van der Waals surface area contributed by atoms with Crippen LogP contribution in [0.1, 0.15) is 43.7 Å². The lowest BCUT2D eigenvalue weighted by Gasteiger charge is -2.38. The first-order valence-electron chi connectivity index (χ1n) is 6.55. The first-order chi connectivity index (χ1) is 8.20. The quantitative estimate of drug-likeness (QED) is 0.910. The minimum Gasteiger partial charge on any atom is -0.302 e. The van der Waals surface area contributed by atoms with Crippen LogP contribution in [0.4, 0.5) is 0 Å². The molecule has 18 heavy (non-hydrogen) atoms. The van der Waals surface area contributed by atoms with Crippen LogP contribution in [0.3, 0.4) is 0 Å². The Morgan fingerprint density at radius 2 is 2.00 bits per heavy atom. The number of aryl methyl sites for hydroxylation is 1. The van der Waals surface area contributed by atoms with Crippen molar-refractivity contribution in [3.8, 4) is 0 Å². The summed E-state index contributed by atoms with van der Waals surface area (Å²) >= 11 is 0. The molecule has 1 saturated carbocycles. The fourth-order valence-corrected chi connectivity index (χ4v) is 2.95. The molecule has 2 nitrogen and oxygen atoms in total. The van der Waals surface area contributed by atoms with E-state index in [1.54, 1.807) is 0 Å². The third-order valence-electron chi connectivity index (χ3n) is 3.77. The van der Waals surface area contributed by atoms with E-state index in [4.69, 9.17) is 0 Å². The van der Waals surface area contributed by atoms with Crippen molar-refractivity contribution in [3.63, 3.8) is 0 Å². The number of nitrogens with one attached hydrogen (secondary N) is 1. The predicted octanol–water partition coefficient (Wildman–Crippen LogP) is 3.36. The van der Waals surface area contributed by atoms with E-state index in [1.807, 2.05) is 12.1 Å². The molecule has 0 spiro atoms. The minimum absolute atomic E-state index is 0. The molecular weight excluding hydrogens is 246 g/mol. The molecule has 0 amide bonds. The summed E-state index contributed by atoms with van der Waals surface area (Å²) in [6, 6.07) is 8.26. The summed E-state index contributed by atoms with van der Waals surface area (Å²) in [5.74, 6) is 0.361. The van der Waals surface area contributed by atoms with Crippen molar-refractivity contribution in [2.45, 2.75) is 45.1 Å². The Hall–Kier alpha value is -0.860. The zero-order valence-electron chi connectivity index (χ0n) is 11.2. The number of hydrogen-bond acceptors (Lipinski definition) is 2. The molecule has 0 saturated heterocycles. The Morgan fingerprint density at radius 1 is 1.28 bits per heavy atom. The number of rotatable bonds is 3. The molecule has 3 heteroatoms. The van der Waals surface area contributed by atoms with E-state index in [0.29, 0.717) is 12.2 Å². The average molecular weight is 268 g/mol. The van der Waals surface area contributed by atoms with Gasteiger partial charge in [0.2, 0.25) is 0 Å². The van der Waals surface area contributed by atoms with E-state index in [-0.39, 0.29) is 12.4 Å². The first-order valence-corrected chi connectivity index (χ1v) is 6.55. The van der Waals surface area contributed by atoms with Gasteiger partial charge in [-0.05, 0) is 37.4 Å². The van der Waals surface area contributed by atoms with Crippen LogP contribution < -0.4 is 5.32 Å². The Morgan fingerprint density at radius 3 is 2.61 bits per heavy atom. The molecule has 1 fully saturated rings. The largest absolute Gasteiger partial charge is 0.302 e. The molecule has 1 aromatic carbocycles. The van der Waals surface area contributed by atoms with Crippen molar-refractivity contribution in [2.24, 2.45) is 0 Å². The highest BCUT2D eigenvalue weighted by Gasteiger charge is 2.41. The molecule has 0 bridgehead atoms. The summed E-state index contributed by atoms with van der Waals surface area (Å²) in [6.07, 6.45) is 3.82. The maximum absolute atomic E-state index is 12.4. The van der Waals surface area contributed by atoms with Gasteiger partial charge in [0.1, 0.15) is 5.54 Å². The van der Waals surface area contributed by atoms with Gasteiger partial charge in [0.05, 0.1) is 0 Å². The van der Waals surface area contributed by atoms with E-state index in [9.17, 15) is 4.79 Å². The molecule has 2 rings (SSSR count). The van der Waals surface area contributed by atoms with Crippen molar-refractivity contribution in [2.75, 3.05) is 6.54 Å². The highest BCUT2D eigenvalue weighted by Crippen LogP contribution is 2.35. The highest BCUT2D eigenvalue weighted by molar-refractivity contribution is 5.90. The molecule has 1 N–H and O–H groups in total. The van der Waals surface area contributed by atoms with Crippen LogP contribution in [-0.4, -0.2) is 12.3 Å². The number of halogens is 1. The summed E-state index contributed by atoms with van der Waals surface area (Å²) in [7, 11) is 0. The van der Waals surface area contributed by atoms with E-state index >= 15 is 0 Å². The minimum atomic E-state index is -0.418. The third-order valence-corrected chi connectivity index (χ3v) is 3.77. The number of ketones is 1. The van der Waals surface area contributed by atoms with E-state index in [0.717, 1.165) is 25.8 Å². The fraction of sp³-hybridized carbons (Fsp3) is 0.533. The van der Waals surface area contributed by atoms with Gasteiger partial charge in [-0.2, -0.15) is 0 Å². The Balaban J connectivity index is 0.00000162. The third kappa shape index (κ3) is 2.60. The van der Waals surface area contributed by atoms with Gasteiger partial charge in [0, 0.05) is 6.42 Å². The lowest BCUT2D eigenvalue weighted by molar-refractivity contribution is -0.128. The van der Waals surface area contributed by atoms with Gasteiger partial charge in [-0.25, -0.2) is 0 Å². The molecule has 0 radical (unpaired) electrons. The smallest absolute Gasteiger partial charge is 0.157 e. The normalized spacial score (nSPS) is 23.6. The lowest BCUT2D eigenvalue weighted by atomic mass is 9.74. The van der Waals surface area contributed by atoms with Crippen molar-refractivity contribution in [3.05, 3.63) is 35.4 Å². The first kappa shape index (κ1) is 15.2. The van der Waals surface area contributed by atoms with Crippen LogP contribution in [0.2, 0.25) is 0 Å². The Kier molecular flexibility index (Phi) is 5.36. The van der Waals surface area contributed by atoms with Crippen LogP contribution in [0.25, 0.3) is 0 Å². The molecule has 1 unspecified atom stereocenters. The molecule has 0 heterocycles. The fourth-order valence-electron chi connectivity index (χ4n) is 2.95. The monoisotopic (exact) mass is 267 g/mol. The standard InChI is InChI=1S/C15H21NO.ClH/c1-3-16-15(11-7-6-10-14(15)17)13-9-5-4-8-12(13)2;/h4-5,8-9,16H,3,6-7,10-11H2,1-2H3;1H. The maximum Gasteiger partial charge on any atom is 0.157 e.